The molecule has 0 fully saturated rings. The summed E-state index contributed by atoms with van der Waals surface area (Å²) >= 11 is 1.80. The van der Waals surface area contributed by atoms with Gasteiger partial charge in [0, 0.05) is 24.1 Å². The summed E-state index contributed by atoms with van der Waals surface area (Å²) in [5, 5.41) is 5.73. The van der Waals surface area contributed by atoms with Crippen LogP contribution in [-0.4, -0.2) is 18.8 Å². The first-order valence-electron chi connectivity index (χ1n) is 5.79. The van der Waals surface area contributed by atoms with Crippen LogP contribution in [0.25, 0.3) is 0 Å². The molecular formula is C13H23NOS. The SMILES string of the molecule is COC(C)(C)CC(C)N[C@H](C)c1cccs1. The van der Waals surface area contributed by atoms with Crippen LogP contribution in [0, 0.1) is 0 Å². The molecule has 1 aromatic heterocycles. The van der Waals surface area contributed by atoms with Gasteiger partial charge in [-0.2, -0.15) is 0 Å². The van der Waals surface area contributed by atoms with E-state index in [9.17, 15) is 0 Å². The number of hydrogen-bond donors (Lipinski definition) is 1. The predicted octanol–water partition coefficient (Wildman–Crippen LogP) is 3.60. The lowest BCUT2D eigenvalue weighted by molar-refractivity contribution is 0.00785. The lowest BCUT2D eigenvalue weighted by Crippen LogP contribution is -2.36. The summed E-state index contributed by atoms with van der Waals surface area (Å²) in [4.78, 5) is 1.39. The number of methoxy groups -OCH3 is 1. The minimum Gasteiger partial charge on any atom is -0.379 e. The van der Waals surface area contributed by atoms with Crippen molar-refractivity contribution in [2.24, 2.45) is 0 Å². The van der Waals surface area contributed by atoms with E-state index in [4.69, 9.17) is 4.74 Å². The van der Waals surface area contributed by atoms with Crippen molar-refractivity contribution in [3.63, 3.8) is 0 Å². The summed E-state index contributed by atoms with van der Waals surface area (Å²) in [6.45, 7) is 8.68. The van der Waals surface area contributed by atoms with E-state index in [0.717, 1.165) is 6.42 Å². The average molecular weight is 241 g/mol. The third kappa shape index (κ3) is 4.24. The molecule has 2 atom stereocenters. The van der Waals surface area contributed by atoms with Gasteiger partial charge < -0.3 is 10.1 Å². The first-order valence-corrected chi connectivity index (χ1v) is 6.67. The second-order valence-electron chi connectivity index (χ2n) is 4.97. The number of thiophene rings is 1. The zero-order valence-electron chi connectivity index (χ0n) is 10.9. The Morgan fingerprint density at radius 3 is 2.62 bits per heavy atom. The summed E-state index contributed by atoms with van der Waals surface area (Å²) in [6, 6.07) is 5.15. The third-order valence-corrected chi connectivity index (χ3v) is 3.91. The van der Waals surface area contributed by atoms with Crippen molar-refractivity contribution < 1.29 is 4.74 Å². The van der Waals surface area contributed by atoms with Crippen LogP contribution in [-0.2, 0) is 4.74 Å². The van der Waals surface area contributed by atoms with E-state index < -0.39 is 0 Å². The molecular weight excluding hydrogens is 218 g/mol. The summed E-state index contributed by atoms with van der Waals surface area (Å²) < 4.78 is 5.44. The Labute approximate surface area is 103 Å². The van der Waals surface area contributed by atoms with Crippen molar-refractivity contribution in [3.8, 4) is 0 Å². The average Bonchev–Trinajstić information content (AvgIpc) is 2.69. The number of rotatable bonds is 6. The van der Waals surface area contributed by atoms with Crippen LogP contribution in [0.5, 0.6) is 0 Å². The molecule has 16 heavy (non-hydrogen) atoms. The van der Waals surface area contributed by atoms with E-state index >= 15 is 0 Å². The van der Waals surface area contributed by atoms with Crippen LogP contribution >= 0.6 is 11.3 Å². The highest BCUT2D eigenvalue weighted by Crippen LogP contribution is 2.21. The van der Waals surface area contributed by atoms with Crippen molar-refractivity contribution in [1.82, 2.24) is 5.32 Å². The minimum absolute atomic E-state index is 0.0540. The van der Waals surface area contributed by atoms with Crippen LogP contribution < -0.4 is 5.32 Å². The maximum absolute atomic E-state index is 5.44. The molecule has 0 bridgehead atoms. The second kappa shape index (κ2) is 5.80. The Morgan fingerprint density at radius 2 is 2.12 bits per heavy atom. The quantitative estimate of drug-likeness (QED) is 0.821. The molecule has 0 aromatic carbocycles. The van der Waals surface area contributed by atoms with Gasteiger partial charge in [0.2, 0.25) is 0 Å². The lowest BCUT2D eigenvalue weighted by atomic mass is 9.99. The Kier molecular flexibility index (Phi) is 4.96. The number of nitrogens with one attached hydrogen (secondary N) is 1. The molecule has 2 nitrogen and oxygen atoms in total. The number of hydrogen-bond acceptors (Lipinski definition) is 3. The van der Waals surface area contributed by atoms with E-state index in [0.29, 0.717) is 12.1 Å². The summed E-state index contributed by atoms with van der Waals surface area (Å²) in [5.74, 6) is 0. The molecule has 0 radical (unpaired) electrons. The molecule has 0 amide bonds. The maximum atomic E-state index is 5.44. The van der Waals surface area contributed by atoms with Crippen molar-refractivity contribution in [1.29, 1.82) is 0 Å². The summed E-state index contributed by atoms with van der Waals surface area (Å²) in [7, 11) is 1.77. The molecule has 1 N–H and O–H groups in total. The van der Waals surface area contributed by atoms with Crippen molar-refractivity contribution in [2.75, 3.05) is 7.11 Å². The maximum Gasteiger partial charge on any atom is 0.0637 e. The fraction of sp³-hybridized carbons (Fsp3) is 0.692. The van der Waals surface area contributed by atoms with E-state index in [1.807, 2.05) is 0 Å². The fourth-order valence-electron chi connectivity index (χ4n) is 1.93. The van der Waals surface area contributed by atoms with Crippen LogP contribution in [0.2, 0.25) is 0 Å². The molecule has 92 valence electrons. The monoisotopic (exact) mass is 241 g/mol. The fourth-order valence-corrected chi connectivity index (χ4v) is 2.67. The third-order valence-electron chi connectivity index (χ3n) is 2.85. The van der Waals surface area contributed by atoms with Crippen LogP contribution in [0.3, 0.4) is 0 Å². The van der Waals surface area contributed by atoms with Crippen LogP contribution in [0.1, 0.15) is 45.0 Å². The first-order chi connectivity index (χ1) is 7.44. The first kappa shape index (κ1) is 13.7. The smallest absolute Gasteiger partial charge is 0.0637 e. The van der Waals surface area contributed by atoms with Gasteiger partial charge >= 0.3 is 0 Å². The lowest BCUT2D eigenvalue weighted by Gasteiger charge is -2.28. The summed E-state index contributed by atoms with van der Waals surface area (Å²) in [5.41, 5.74) is -0.0540. The molecule has 0 spiro atoms. The van der Waals surface area contributed by atoms with Gasteiger partial charge in [0.1, 0.15) is 0 Å². The predicted molar refractivity (Wildman–Crippen MR) is 71.0 cm³/mol. The largest absolute Gasteiger partial charge is 0.379 e. The molecule has 0 saturated heterocycles. The van der Waals surface area contributed by atoms with Crippen LogP contribution in [0.4, 0.5) is 0 Å². The summed E-state index contributed by atoms with van der Waals surface area (Å²) in [6.07, 6.45) is 1.01. The Hall–Kier alpha value is -0.380. The Bertz CT molecular complexity index is 295. The van der Waals surface area contributed by atoms with Gasteiger partial charge in [-0.1, -0.05) is 6.07 Å². The Morgan fingerprint density at radius 1 is 1.44 bits per heavy atom. The molecule has 1 rings (SSSR count). The molecule has 0 saturated carbocycles. The zero-order valence-corrected chi connectivity index (χ0v) is 11.7. The normalized spacial score (nSPS) is 16.1. The standard InChI is InChI=1S/C13H23NOS/c1-10(9-13(3,4)15-5)14-11(2)12-7-6-8-16-12/h6-8,10-11,14H,9H2,1-5H3/t10?,11-/m1/s1. The molecule has 0 aliphatic heterocycles. The van der Waals surface area contributed by atoms with Crippen molar-refractivity contribution in [3.05, 3.63) is 22.4 Å². The topological polar surface area (TPSA) is 21.3 Å². The van der Waals surface area contributed by atoms with Gasteiger partial charge in [-0.25, -0.2) is 0 Å². The molecule has 3 heteroatoms. The zero-order chi connectivity index (χ0) is 12.2. The highest BCUT2D eigenvalue weighted by Gasteiger charge is 2.21. The van der Waals surface area contributed by atoms with Gasteiger partial charge in [0.15, 0.2) is 0 Å². The molecule has 1 heterocycles. The van der Waals surface area contributed by atoms with Gasteiger partial charge in [-0.3, -0.25) is 0 Å². The van der Waals surface area contributed by atoms with Gasteiger partial charge in [-0.05, 0) is 45.6 Å². The number of ether oxygens (including phenoxy) is 1. The molecule has 0 aliphatic rings. The highest BCUT2D eigenvalue weighted by atomic mass is 32.1. The van der Waals surface area contributed by atoms with E-state index in [1.165, 1.54) is 4.88 Å². The minimum atomic E-state index is -0.0540. The van der Waals surface area contributed by atoms with E-state index in [2.05, 4.69) is 50.5 Å². The van der Waals surface area contributed by atoms with Crippen LogP contribution in [0.15, 0.2) is 17.5 Å². The molecule has 1 aromatic rings. The van der Waals surface area contributed by atoms with Crippen molar-refractivity contribution in [2.45, 2.75) is 51.8 Å². The second-order valence-corrected chi connectivity index (χ2v) is 5.95. The van der Waals surface area contributed by atoms with E-state index in [1.54, 1.807) is 18.4 Å². The van der Waals surface area contributed by atoms with E-state index in [-0.39, 0.29) is 5.60 Å². The Balaban J connectivity index is 2.43. The molecule has 1 unspecified atom stereocenters. The van der Waals surface area contributed by atoms with Gasteiger partial charge in [0.25, 0.3) is 0 Å². The van der Waals surface area contributed by atoms with Gasteiger partial charge in [-0.15, -0.1) is 11.3 Å². The van der Waals surface area contributed by atoms with Gasteiger partial charge in [0.05, 0.1) is 5.60 Å². The molecule has 0 aliphatic carbocycles. The highest BCUT2D eigenvalue weighted by molar-refractivity contribution is 7.10. The van der Waals surface area contributed by atoms with Crippen molar-refractivity contribution >= 4 is 11.3 Å².